The molecule has 20 heavy (non-hydrogen) atoms. The Balaban J connectivity index is 1.48. The molecule has 1 heterocycles. The van der Waals surface area contributed by atoms with E-state index >= 15 is 0 Å². The zero-order valence-electron chi connectivity index (χ0n) is 11.8. The van der Waals surface area contributed by atoms with Crippen molar-refractivity contribution in [3.63, 3.8) is 0 Å². The molecule has 5 rings (SSSR count). The third-order valence-electron chi connectivity index (χ3n) is 5.64. The quantitative estimate of drug-likeness (QED) is 0.915. The van der Waals surface area contributed by atoms with Gasteiger partial charge in [0.1, 0.15) is 11.8 Å². The second-order valence-electron chi connectivity index (χ2n) is 7.21. The number of aromatic nitrogens is 1. The summed E-state index contributed by atoms with van der Waals surface area (Å²) in [7, 11) is 0. The lowest BCUT2D eigenvalue weighted by Gasteiger charge is -2.57. The molecule has 4 bridgehead atoms. The molecular weight excluding hydrogens is 246 g/mol. The van der Waals surface area contributed by atoms with Gasteiger partial charge in [0.15, 0.2) is 0 Å². The molecule has 0 saturated heterocycles. The minimum Gasteiger partial charge on any atom is -0.307 e. The minimum absolute atomic E-state index is 0.394. The van der Waals surface area contributed by atoms with E-state index in [4.69, 9.17) is 5.26 Å². The molecule has 0 atom stereocenters. The number of nitrogens with zero attached hydrogens (tertiary/aromatic N) is 2. The van der Waals surface area contributed by atoms with E-state index in [0.29, 0.717) is 11.2 Å². The first-order chi connectivity index (χ1) is 9.75. The van der Waals surface area contributed by atoms with Crippen LogP contribution in [0.15, 0.2) is 18.3 Å². The average Bonchev–Trinajstić information content (AvgIpc) is 2.44. The molecule has 4 aliphatic carbocycles. The molecule has 104 valence electrons. The van der Waals surface area contributed by atoms with Crippen LogP contribution in [0, 0.1) is 29.1 Å². The Morgan fingerprint density at radius 1 is 1.20 bits per heavy atom. The first-order valence-electron chi connectivity index (χ1n) is 7.85. The largest absolute Gasteiger partial charge is 0.307 e. The van der Waals surface area contributed by atoms with Gasteiger partial charge in [-0.3, -0.25) is 0 Å². The van der Waals surface area contributed by atoms with Gasteiger partial charge in [-0.15, -0.1) is 0 Å². The highest BCUT2D eigenvalue weighted by molar-refractivity contribution is 5.25. The summed E-state index contributed by atoms with van der Waals surface area (Å²) in [4.78, 5) is 4.04. The second-order valence-corrected chi connectivity index (χ2v) is 7.21. The lowest BCUT2D eigenvalue weighted by atomic mass is 9.53. The third-order valence-corrected chi connectivity index (χ3v) is 5.64. The van der Waals surface area contributed by atoms with Gasteiger partial charge in [0.2, 0.25) is 0 Å². The molecule has 1 aromatic rings. The zero-order chi connectivity index (χ0) is 13.6. The Kier molecular flexibility index (Phi) is 2.82. The van der Waals surface area contributed by atoms with E-state index in [1.165, 1.54) is 44.1 Å². The maximum absolute atomic E-state index is 8.93. The van der Waals surface area contributed by atoms with Gasteiger partial charge >= 0.3 is 0 Å². The van der Waals surface area contributed by atoms with Gasteiger partial charge in [-0.05, 0) is 74.0 Å². The van der Waals surface area contributed by atoms with Crippen molar-refractivity contribution in [1.82, 2.24) is 10.3 Å². The van der Waals surface area contributed by atoms with Gasteiger partial charge in [-0.2, -0.15) is 5.26 Å². The van der Waals surface area contributed by atoms with Gasteiger partial charge in [-0.1, -0.05) is 0 Å². The van der Waals surface area contributed by atoms with Crippen LogP contribution in [0.3, 0.4) is 0 Å². The fourth-order valence-electron chi connectivity index (χ4n) is 5.26. The highest BCUT2D eigenvalue weighted by Gasteiger charge is 2.50. The molecule has 3 heteroatoms. The van der Waals surface area contributed by atoms with Crippen LogP contribution in [-0.4, -0.2) is 10.5 Å². The van der Waals surface area contributed by atoms with Crippen LogP contribution in [0.5, 0.6) is 0 Å². The molecule has 4 fully saturated rings. The summed E-state index contributed by atoms with van der Waals surface area (Å²) in [5.74, 6) is 2.92. The van der Waals surface area contributed by atoms with Crippen molar-refractivity contribution in [2.75, 3.05) is 0 Å². The molecule has 0 aromatic carbocycles. The first kappa shape index (κ1) is 12.3. The molecule has 0 unspecified atom stereocenters. The third kappa shape index (κ3) is 2.13. The average molecular weight is 267 g/mol. The summed E-state index contributed by atoms with van der Waals surface area (Å²) in [6.45, 7) is 0.878. The predicted molar refractivity (Wildman–Crippen MR) is 76.7 cm³/mol. The van der Waals surface area contributed by atoms with Gasteiger partial charge in [-0.25, -0.2) is 4.98 Å². The Labute approximate surface area is 120 Å². The van der Waals surface area contributed by atoms with Gasteiger partial charge in [0.25, 0.3) is 0 Å². The molecule has 4 saturated carbocycles. The molecular formula is C17H21N3. The number of hydrogen-bond donors (Lipinski definition) is 1. The van der Waals surface area contributed by atoms with Crippen LogP contribution in [0.4, 0.5) is 0 Å². The van der Waals surface area contributed by atoms with E-state index in [1.807, 2.05) is 12.1 Å². The van der Waals surface area contributed by atoms with Crippen molar-refractivity contribution in [2.45, 2.75) is 50.6 Å². The normalized spacial score (nSPS) is 37.9. The Morgan fingerprint density at radius 3 is 2.45 bits per heavy atom. The summed E-state index contributed by atoms with van der Waals surface area (Å²) in [6, 6.07) is 6.05. The zero-order valence-corrected chi connectivity index (χ0v) is 11.8. The fraction of sp³-hybridized carbons (Fsp3) is 0.647. The molecule has 4 aliphatic rings. The molecule has 0 aliphatic heterocycles. The van der Waals surface area contributed by atoms with Crippen LogP contribution in [0.1, 0.15) is 49.8 Å². The van der Waals surface area contributed by atoms with Crippen molar-refractivity contribution in [3.05, 3.63) is 29.6 Å². The standard InChI is InChI=1S/C17H21N3/c18-10-16-6-12(1-2-19-16)11-20-17-7-13-3-14(8-17)5-15(4-13)9-17/h1-2,6,13-15,20H,3-5,7-9,11H2. The molecule has 0 amide bonds. The summed E-state index contributed by atoms with van der Waals surface area (Å²) >= 11 is 0. The van der Waals surface area contributed by atoms with Crippen molar-refractivity contribution >= 4 is 0 Å². The lowest BCUT2D eigenvalue weighted by molar-refractivity contribution is -0.0206. The molecule has 1 N–H and O–H groups in total. The van der Waals surface area contributed by atoms with E-state index in [1.54, 1.807) is 6.20 Å². The topological polar surface area (TPSA) is 48.7 Å². The molecule has 3 nitrogen and oxygen atoms in total. The number of pyridine rings is 1. The van der Waals surface area contributed by atoms with Crippen LogP contribution in [-0.2, 0) is 6.54 Å². The Morgan fingerprint density at radius 2 is 1.85 bits per heavy atom. The number of nitrogens with one attached hydrogen (secondary N) is 1. The van der Waals surface area contributed by atoms with E-state index in [9.17, 15) is 0 Å². The maximum Gasteiger partial charge on any atom is 0.140 e. The van der Waals surface area contributed by atoms with Crippen LogP contribution in [0.2, 0.25) is 0 Å². The summed E-state index contributed by atoms with van der Waals surface area (Å²) in [6.07, 6.45) is 10.3. The van der Waals surface area contributed by atoms with Crippen LogP contribution < -0.4 is 5.32 Å². The van der Waals surface area contributed by atoms with Gasteiger partial charge < -0.3 is 5.32 Å². The van der Waals surface area contributed by atoms with E-state index in [-0.39, 0.29) is 0 Å². The predicted octanol–water partition coefficient (Wildman–Crippen LogP) is 3.01. The minimum atomic E-state index is 0.394. The number of hydrogen-bond acceptors (Lipinski definition) is 3. The highest BCUT2D eigenvalue weighted by Crippen LogP contribution is 2.55. The van der Waals surface area contributed by atoms with E-state index in [0.717, 1.165) is 24.3 Å². The smallest absolute Gasteiger partial charge is 0.140 e. The fourth-order valence-corrected chi connectivity index (χ4v) is 5.26. The van der Waals surface area contributed by atoms with E-state index in [2.05, 4.69) is 16.4 Å². The highest BCUT2D eigenvalue weighted by atomic mass is 15.0. The monoisotopic (exact) mass is 267 g/mol. The van der Waals surface area contributed by atoms with Gasteiger partial charge in [0.05, 0.1) is 0 Å². The Hall–Kier alpha value is -1.40. The van der Waals surface area contributed by atoms with Crippen LogP contribution in [0.25, 0.3) is 0 Å². The molecule has 0 radical (unpaired) electrons. The first-order valence-corrected chi connectivity index (χ1v) is 7.85. The number of nitriles is 1. The SMILES string of the molecule is N#Cc1cc(CNC23CC4CC(CC(C4)C2)C3)ccn1. The van der Waals surface area contributed by atoms with Crippen molar-refractivity contribution < 1.29 is 0 Å². The van der Waals surface area contributed by atoms with Gasteiger partial charge in [0, 0.05) is 18.3 Å². The maximum atomic E-state index is 8.93. The number of rotatable bonds is 3. The van der Waals surface area contributed by atoms with E-state index < -0.39 is 0 Å². The lowest BCUT2D eigenvalue weighted by Crippen LogP contribution is -2.58. The molecule has 1 aromatic heterocycles. The summed E-state index contributed by atoms with van der Waals surface area (Å²) in [5.41, 5.74) is 2.10. The summed E-state index contributed by atoms with van der Waals surface area (Å²) in [5, 5.41) is 12.8. The van der Waals surface area contributed by atoms with Crippen LogP contribution >= 0.6 is 0 Å². The van der Waals surface area contributed by atoms with Crippen molar-refractivity contribution in [1.29, 1.82) is 5.26 Å². The Bertz CT molecular complexity index is 522. The van der Waals surface area contributed by atoms with Crippen molar-refractivity contribution in [2.24, 2.45) is 17.8 Å². The molecule has 0 spiro atoms. The summed E-state index contributed by atoms with van der Waals surface area (Å²) < 4.78 is 0. The van der Waals surface area contributed by atoms with Crippen molar-refractivity contribution in [3.8, 4) is 6.07 Å². The second kappa shape index (κ2) is 4.56.